The quantitative estimate of drug-likeness (QED) is 0.640. The Balaban J connectivity index is 2.23. The number of nitrogens with one attached hydrogen (secondary N) is 1. The summed E-state index contributed by atoms with van der Waals surface area (Å²) in [7, 11) is 0. The maximum atomic E-state index is 11.0. The number of hydrogen-bond acceptors (Lipinski definition) is 5. The van der Waals surface area contributed by atoms with Gasteiger partial charge in [0.2, 0.25) is 0 Å². The number of aromatic nitrogens is 1. The molecule has 1 heterocycles. The highest BCUT2D eigenvalue weighted by Gasteiger charge is 2.27. The van der Waals surface area contributed by atoms with E-state index in [1.807, 2.05) is 0 Å². The molecule has 0 bridgehead atoms. The van der Waals surface area contributed by atoms with E-state index in [9.17, 15) is 10.1 Å². The Bertz CT molecular complexity index is 463. The second-order valence-corrected chi connectivity index (χ2v) is 5.66. The van der Waals surface area contributed by atoms with Gasteiger partial charge in [0.1, 0.15) is 11.9 Å². The van der Waals surface area contributed by atoms with Gasteiger partial charge in [-0.3, -0.25) is 15.1 Å². The van der Waals surface area contributed by atoms with Crippen molar-refractivity contribution in [2.45, 2.75) is 31.7 Å². The van der Waals surface area contributed by atoms with E-state index in [0.717, 1.165) is 12.8 Å². The molecule has 0 aliphatic heterocycles. The standard InChI is InChI=1S/C12H17BrN4O2/c13-9-6-15-7-11(17(18)19)12(9)16-10(5-14)8-3-1-2-4-8/h6-8,10H,1-5,14H2,(H,15,16). The van der Waals surface area contributed by atoms with Crippen LogP contribution in [0.25, 0.3) is 0 Å². The third-order valence-electron chi connectivity index (χ3n) is 3.63. The van der Waals surface area contributed by atoms with Crippen molar-refractivity contribution in [1.29, 1.82) is 0 Å². The van der Waals surface area contributed by atoms with E-state index in [2.05, 4.69) is 26.2 Å². The molecule has 2 rings (SSSR count). The zero-order valence-electron chi connectivity index (χ0n) is 10.5. The van der Waals surface area contributed by atoms with Crippen LogP contribution in [0.5, 0.6) is 0 Å². The molecular formula is C12H17BrN4O2. The van der Waals surface area contributed by atoms with Gasteiger partial charge in [0.05, 0.1) is 9.40 Å². The lowest BCUT2D eigenvalue weighted by molar-refractivity contribution is -0.384. The number of anilines is 1. The molecule has 1 saturated carbocycles. The largest absolute Gasteiger partial charge is 0.374 e. The van der Waals surface area contributed by atoms with Crippen molar-refractivity contribution < 1.29 is 4.92 Å². The Morgan fingerprint density at radius 1 is 1.53 bits per heavy atom. The van der Waals surface area contributed by atoms with Crippen LogP contribution in [-0.4, -0.2) is 22.5 Å². The Kier molecular flexibility index (Phi) is 4.71. The molecule has 104 valence electrons. The second-order valence-electron chi connectivity index (χ2n) is 4.80. The highest BCUT2D eigenvalue weighted by atomic mass is 79.9. The first-order valence-corrected chi connectivity index (χ1v) is 7.17. The van der Waals surface area contributed by atoms with Crippen LogP contribution >= 0.6 is 15.9 Å². The van der Waals surface area contributed by atoms with E-state index in [0.29, 0.717) is 22.6 Å². The molecule has 1 atom stereocenters. The van der Waals surface area contributed by atoms with E-state index in [1.54, 1.807) is 6.20 Å². The summed E-state index contributed by atoms with van der Waals surface area (Å²) < 4.78 is 0.596. The number of nitrogens with zero attached hydrogens (tertiary/aromatic N) is 2. The topological polar surface area (TPSA) is 94.1 Å². The number of pyridine rings is 1. The number of nitro groups is 1. The number of rotatable bonds is 5. The van der Waals surface area contributed by atoms with Gasteiger partial charge in [-0.25, -0.2) is 0 Å². The van der Waals surface area contributed by atoms with Gasteiger partial charge in [0.25, 0.3) is 0 Å². The first-order chi connectivity index (χ1) is 9.13. The van der Waals surface area contributed by atoms with Crippen molar-refractivity contribution in [2.75, 3.05) is 11.9 Å². The van der Waals surface area contributed by atoms with Gasteiger partial charge >= 0.3 is 5.69 Å². The van der Waals surface area contributed by atoms with Crippen molar-refractivity contribution in [3.63, 3.8) is 0 Å². The van der Waals surface area contributed by atoms with E-state index in [-0.39, 0.29) is 11.7 Å². The minimum atomic E-state index is -0.428. The average Bonchev–Trinajstić information content (AvgIpc) is 2.90. The van der Waals surface area contributed by atoms with Crippen LogP contribution < -0.4 is 11.1 Å². The fourth-order valence-electron chi connectivity index (χ4n) is 2.62. The van der Waals surface area contributed by atoms with Crippen LogP contribution in [0.4, 0.5) is 11.4 Å². The lowest BCUT2D eigenvalue weighted by Crippen LogP contribution is -2.35. The van der Waals surface area contributed by atoms with Gasteiger partial charge in [-0.05, 0) is 34.7 Å². The van der Waals surface area contributed by atoms with Crippen LogP contribution in [0.1, 0.15) is 25.7 Å². The van der Waals surface area contributed by atoms with Crippen LogP contribution in [0.3, 0.4) is 0 Å². The summed E-state index contributed by atoms with van der Waals surface area (Å²) in [5, 5.41) is 14.3. The van der Waals surface area contributed by atoms with Gasteiger partial charge in [-0.2, -0.15) is 0 Å². The molecule has 19 heavy (non-hydrogen) atoms. The molecule has 1 aromatic rings. The van der Waals surface area contributed by atoms with Gasteiger partial charge in [-0.1, -0.05) is 12.8 Å². The van der Waals surface area contributed by atoms with Gasteiger partial charge in [0, 0.05) is 18.8 Å². The van der Waals surface area contributed by atoms with Crippen molar-refractivity contribution in [2.24, 2.45) is 11.7 Å². The fraction of sp³-hybridized carbons (Fsp3) is 0.583. The predicted octanol–water partition coefficient (Wildman–Crippen LogP) is 2.68. The molecule has 3 N–H and O–H groups in total. The third kappa shape index (κ3) is 3.22. The van der Waals surface area contributed by atoms with Gasteiger partial charge in [0.15, 0.2) is 0 Å². The van der Waals surface area contributed by atoms with E-state index >= 15 is 0 Å². The summed E-state index contributed by atoms with van der Waals surface area (Å²) in [5.41, 5.74) is 6.27. The highest BCUT2D eigenvalue weighted by molar-refractivity contribution is 9.10. The number of nitrogens with two attached hydrogens (primary N) is 1. The second kappa shape index (κ2) is 6.29. The smallest absolute Gasteiger partial charge is 0.311 e. The Morgan fingerprint density at radius 3 is 2.79 bits per heavy atom. The molecular weight excluding hydrogens is 312 g/mol. The van der Waals surface area contributed by atoms with Crippen molar-refractivity contribution in [1.82, 2.24) is 4.98 Å². The van der Waals surface area contributed by atoms with Crippen LogP contribution in [0, 0.1) is 16.0 Å². The minimum Gasteiger partial charge on any atom is -0.374 e. The molecule has 1 aromatic heterocycles. The molecule has 7 heteroatoms. The lowest BCUT2D eigenvalue weighted by Gasteiger charge is -2.24. The zero-order valence-corrected chi connectivity index (χ0v) is 12.1. The monoisotopic (exact) mass is 328 g/mol. The Morgan fingerprint density at radius 2 is 2.21 bits per heavy atom. The van der Waals surface area contributed by atoms with Crippen molar-refractivity contribution in [3.8, 4) is 0 Å². The molecule has 0 saturated heterocycles. The highest BCUT2D eigenvalue weighted by Crippen LogP contribution is 2.35. The van der Waals surface area contributed by atoms with E-state index in [1.165, 1.54) is 19.0 Å². The predicted molar refractivity (Wildman–Crippen MR) is 77.0 cm³/mol. The Hall–Kier alpha value is -1.21. The van der Waals surface area contributed by atoms with Gasteiger partial charge in [-0.15, -0.1) is 0 Å². The summed E-state index contributed by atoms with van der Waals surface area (Å²) in [6, 6.07) is 0.0694. The molecule has 0 aromatic carbocycles. The number of hydrogen-bond donors (Lipinski definition) is 2. The summed E-state index contributed by atoms with van der Waals surface area (Å²) in [6.07, 6.45) is 7.49. The van der Waals surface area contributed by atoms with E-state index in [4.69, 9.17) is 5.73 Å². The summed E-state index contributed by atoms with van der Waals surface area (Å²) in [5.74, 6) is 0.490. The Labute approximate surface area is 120 Å². The normalized spacial score (nSPS) is 17.4. The summed E-state index contributed by atoms with van der Waals surface area (Å²) >= 11 is 3.31. The molecule has 1 unspecified atom stereocenters. The van der Waals surface area contributed by atoms with Gasteiger partial charge < -0.3 is 11.1 Å². The van der Waals surface area contributed by atoms with E-state index < -0.39 is 4.92 Å². The lowest BCUT2D eigenvalue weighted by atomic mass is 9.98. The molecule has 1 aliphatic rings. The zero-order chi connectivity index (χ0) is 13.8. The van der Waals surface area contributed by atoms with Crippen molar-refractivity contribution in [3.05, 3.63) is 27.0 Å². The molecule has 0 amide bonds. The van der Waals surface area contributed by atoms with Crippen molar-refractivity contribution >= 4 is 27.3 Å². The fourth-order valence-corrected chi connectivity index (χ4v) is 3.06. The first-order valence-electron chi connectivity index (χ1n) is 6.38. The molecule has 1 fully saturated rings. The molecule has 6 nitrogen and oxygen atoms in total. The minimum absolute atomic E-state index is 0.0224. The van der Waals surface area contributed by atoms with Crippen LogP contribution in [0.15, 0.2) is 16.9 Å². The maximum absolute atomic E-state index is 11.0. The third-order valence-corrected chi connectivity index (χ3v) is 4.23. The summed E-state index contributed by atoms with van der Waals surface area (Å²) in [4.78, 5) is 14.4. The SMILES string of the molecule is NCC(Nc1c(Br)cncc1[N+](=O)[O-])C1CCCC1. The molecule has 1 aliphatic carbocycles. The average molecular weight is 329 g/mol. The molecule has 0 spiro atoms. The molecule has 0 radical (unpaired) electrons. The van der Waals surface area contributed by atoms with Crippen LogP contribution in [-0.2, 0) is 0 Å². The number of halogens is 1. The summed E-state index contributed by atoms with van der Waals surface area (Å²) in [6.45, 7) is 0.469. The van der Waals surface area contributed by atoms with Crippen LogP contribution in [0.2, 0.25) is 0 Å². The maximum Gasteiger partial charge on any atom is 0.311 e. The first kappa shape index (κ1) is 14.2.